The molecule has 228 valence electrons. The average molecular weight is 587 g/mol. The minimum Gasteiger partial charge on any atom is -0.349 e. The highest BCUT2D eigenvalue weighted by Crippen LogP contribution is 2.36. The number of likely N-dealkylation sites (tertiary alicyclic amines) is 1. The minimum atomic E-state index is -0.715. The third-order valence-corrected chi connectivity index (χ3v) is 10.1. The van der Waals surface area contributed by atoms with Gasteiger partial charge in [-0.25, -0.2) is 0 Å². The van der Waals surface area contributed by atoms with Gasteiger partial charge in [0.2, 0.25) is 11.8 Å². The van der Waals surface area contributed by atoms with Crippen LogP contribution in [0.2, 0.25) is 0 Å². The Labute approximate surface area is 253 Å². The summed E-state index contributed by atoms with van der Waals surface area (Å²) < 4.78 is 0. The Morgan fingerprint density at radius 1 is 0.951 bits per heavy atom. The molecule has 0 radical (unpaired) electrons. The van der Waals surface area contributed by atoms with E-state index in [1.165, 1.54) is 56.9 Å². The van der Waals surface area contributed by atoms with E-state index in [-0.39, 0.29) is 36.2 Å². The van der Waals surface area contributed by atoms with Gasteiger partial charge < -0.3 is 15.5 Å². The van der Waals surface area contributed by atoms with Gasteiger partial charge in [0, 0.05) is 37.8 Å². The van der Waals surface area contributed by atoms with Crippen LogP contribution >= 0.6 is 12.4 Å². The van der Waals surface area contributed by atoms with E-state index in [1.807, 2.05) is 17.0 Å². The summed E-state index contributed by atoms with van der Waals surface area (Å²) in [5, 5.41) is 6.41. The summed E-state index contributed by atoms with van der Waals surface area (Å²) in [6.07, 6.45) is 16.1. The van der Waals surface area contributed by atoms with E-state index in [1.54, 1.807) is 0 Å². The van der Waals surface area contributed by atoms with Crippen molar-refractivity contribution in [2.45, 2.75) is 127 Å². The molecule has 0 aromatic heterocycles. The summed E-state index contributed by atoms with van der Waals surface area (Å²) in [4.78, 5) is 44.5. The van der Waals surface area contributed by atoms with Crippen LogP contribution in [0.4, 0.5) is 0 Å². The Kier molecular flexibility index (Phi) is 11.5. The van der Waals surface area contributed by atoms with E-state index in [2.05, 4.69) is 34.6 Å². The van der Waals surface area contributed by atoms with Crippen molar-refractivity contribution in [3.05, 3.63) is 35.4 Å². The van der Waals surface area contributed by atoms with Crippen molar-refractivity contribution in [2.75, 3.05) is 19.6 Å². The third kappa shape index (κ3) is 7.64. The van der Waals surface area contributed by atoms with Gasteiger partial charge in [-0.2, -0.15) is 0 Å². The molecule has 1 aromatic rings. The van der Waals surface area contributed by atoms with Crippen molar-refractivity contribution in [3.8, 4) is 0 Å². The van der Waals surface area contributed by atoms with Crippen molar-refractivity contribution >= 4 is 30.1 Å². The Hall–Kier alpha value is -2.12. The van der Waals surface area contributed by atoms with Gasteiger partial charge in [-0.3, -0.25) is 19.3 Å². The van der Waals surface area contributed by atoms with E-state index in [0.717, 1.165) is 57.3 Å². The number of halogens is 1. The molecule has 2 aliphatic carbocycles. The quantitative estimate of drug-likeness (QED) is 0.394. The molecular weight excluding hydrogens is 536 g/mol. The second-order valence-electron chi connectivity index (χ2n) is 12.9. The molecule has 1 atom stereocenters. The highest BCUT2D eigenvalue weighted by Gasteiger charge is 2.53. The predicted octanol–water partition coefficient (Wildman–Crippen LogP) is 5.60. The normalized spacial score (nSPS) is 24.1. The number of piperidine rings is 1. The molecule has 3 amide bonds. The number of benzene rings is 1. The molecule has 2 heterocycles. The van der Waals surface area contributed by atoms with Crippen LogP contribution in [0.3, 0.4) is 0 Å². The molecule has 7 nitrogen and oxygen atoms in total. The molecule has 0 unspecified atom stereocenters. The van der Waals surface area contributed by atoms with Gasteiger partial charge in [-0.05, 0) is 62.1 Å². The predicted molar refractivity (Wildman–Crippen MR) is 165 cm³/mol. The Morgan fingerprint density at radius 3 is 2.22 bits per heavy atom. The first-order valence-corrected chi connectivity index (χ1v) is 16.2. The van der Waals surface area contributed by atoms with E-state index >= 15 is 0 Å². The van der Waals surface area contributed by atoms with Crippen LogP contribution in [-0.4, -0.2) is 64.8 Å². The van der Waals surface area contributed by atoms with Crippen molar-refractivity contribution in [2.24, 2.45) is 5.92 Å². The molecule has 4 fully saturated rings. The number of hydrogen-bond acceptors (Lipinski definition) is 4. The summed E-state index contributed by atoms with van der Waals surface area (Å²) in [5.74, 6) is 0.795. The van der Waals surface area contributed by atoms with Gasteiger partial charge in [0.1, 0.15) is 11.6 Å². The largest absolute Gasteiger partial charge is 0.349 e. The smallest absolute Gasteiger partial charge is 0.251 e. The van der Waals surface area contributed by atoms with Gasteiger partial charge in [-0.15, -0.1) is 12.4 Å². The third-order valence-electron chi connectivity index (χ3n) is 10.1. The first kappa shape index (κ1) is 31.8. The first-order chi connectivity index (χ1) is 19.5. The van der Waals surface area contributed by atoms with E-state index in [0.29, 0.717) is 31.3 Å². The standard InChI is InChI=1S/C33H50N4O3.ClH/c1-2-3-20-37-31(39)29(23-25-10-6-4-7-11-25)35-32(40)33(37)18-21-36(22-19-33)24-26-14-16-27(17-15-26)30(38)34-28-12-8-5-9-13-28;/h14-17,25,28-29H,2-13,18-24H2,1H3,(H,34,38)(H,35,40);1H/t29-;/m0./s1. The highest BCUT2D eigenvalue weighted by atomic mass is 35.5. The fourth-order valence-corrected chi connectivity index (χ4v) is 7.55. The molecule has 0 bridgehead atoms. The fraction of sp³-hybridized carbons (Fsp3) is 0.727. The van der Waals surface area contributed by atoms with Crippen LogP contribution in [0.15, 0.2) is 24.3 Å². The second-order valence-corrected chi connectivity index (χ2v) is 12.9. The van der Waals surface area contributed by atoms with E-state index in [4.69, 9.17) is 0 Å². The van der Waals surface area contributed by atoms with Crippen LogP contribution < -0.4 is 10.6 Å². The molecule has 41 heavy (non-hydrogen) atoms. The molecule has 2 saturated heterocycles. The number of nitrogens with one attached hydrogen (secondary N) is 2. The maximum absolute atomic E-state index is 13.8. The topological polar surface area (TPSA) is 81.8 Å². The number of piperazine rings is 1. The molecule has 5 rings (SSSR count). The van der Waals surface area contributed by atoms with Gasteiger partial charge in [0.05, 0.1) is 0 Å². The summed E-state index contributed by atoms with van der Waals surface area (Å²) in [5.41, 5.74) is 1.18. The van der Waals surface area contributed by atoms with Gasteiger partial charge in [0.15, 0.2) is 0 Å². The number of rotatable bonds is 9. The van der Waals surface area contributed by atoms with Crippen LogP contribution in [0.25, 0.3) is 0 Å². The number of nitrogens with zero attached hydrogens (tertiary/aromatic N) is 2. The number of carbonyl (C=O) groups is 3. The van der Waals surface area contributed by atoms with Gasteiger partial charge in [0.25, 0.3) is 5.91 Å². The van der Waals surface area contributed by atoms with Crippen LogP contribution in [0.1, 0.15) is 119 Å². The van der Waals surface area contributed by atoms with Crippen molar-refractivity contribution in [1.82, 2.24) is 20.4 Å². The summed E-state index contributed by atoms with van der Waals surface area (Å²) >= 11 is 0. The molecule has 2 saturated carbocycles. The maximum Gasteiger partial charge on any atom is 0.251 e. The lowest BCUT2D eigenvalue weighted by Crippen LogP contribution is -2.73. The first-order valence-electron chi connectivity index (χ1n) is 16.2. The van der Waals surface area contributed by atoms with E-state index < -0.39 is 5.54 Å². The maximum atomic E-state index is 13.8. The van der Waals surface area contributed by atoms with Gasteiger partial charge >= 0.3 is 0 Å². The van der Waals surface area contributed by atoms with Gasteiger partial charge in [-0.1, -0.05) is 76.8 Å². The zero-order chi connectivity index (χ0) is 28.0. The van der Waals surface area contributed by atoms with Crippen LogP contribution in [0.5, 0.6) is 0 Å². The SMILES string of the molecule is CCCCN1C(=O)[C@H](CC2CCCCC2)NC(=O)C12CCN(Cc1ccc(C(=O)NC3CCCCC3)cc1)CC2.Cl. The van der Waals surface area contributed by atoms with Crippen LogP contribution in [0, 0.1) is 5.92 Å². The molecule has 2 aliphatic heterocycles. The molecule has 1 spiro atoms. The highest BCUT2D eigenvalue weighted by molar-refractivity contribution is 6.00. The average Bonchev–Trinajstić information content (AvgIpc) is 2.98. The number of unbranched alkanes of at least 4 members (excludes halogenated alkanes) is 1. The summed E-state index contributed by atoms with van der Waals surface area (Å²) in [6, 6.07) is 7.94. The summed E-state index contributed by atoms with van der Waals surface area (Å²) in [6.45, 7) is 5.17. The van der Waals surface area contributed by atoms with Crippen LogP contribution in [-0.2, 0) is 16.1 Å². The lowest BCUT2D eigenvalue weighted by molar-refractivity contribution is -0.162. The van der Waals surface area contributed by atoms with Crippen molar-refractivity contribution in [1.29, 1.82) is 0 Å². The zero-order valence-electron chi connectivity index (χ0n) is 25.0. The molecule has 8 heteroatoms. The fourth-order valence-electron chi connectivity index (χ4n) is 7.55. The van der Waals surface area contributed by atoms with Crippen molar-refractivity contribution < 1.29 is 14.4 Å². The van der Waals surface area contributed by atoms with E-state index in [9.17, 15) is 14.4 Å². The Balaban J connectivity index is 0.00000387. The molecular formula is C33H51ClN4O3. The number of carbonyl (C=O) groups excluding carboxylic acids is 3. The summed E-state index contributed by atoms with van der Waals surface area (Å²) in [7, 11) is 0. The number of hydrogen-bond donors (Lipinski definition) is 2. The minimum absolute atomic E-state index is 0. The lowest BCUT2D eigenvalue weighted by atomic mass is 9.79. The van der Waals surface area contributed by atoms with Crippen molar-refractivity contribution in [3.63, 3.8) is 0 Å². The number of amides is 3. The monoisotopic (exact) mass is 586 g/mol. The molecule has 1 aromatic carbocycles. The molecule has 4 aliphatic rings. The zero-order valence-corrected chi connectivity index (χ0v) is 25.8. The second kappa shape index (κ2) is 14.9. The Morgan fingerprint density at radius 2 is 1.59 bits per heavy atom. The molecule has 2 N–H and O–H groups in total. The lowest BCUT2D eigenvalue weighted by Gasteiger charge is -2.52. The Bertz CT molecular complexity index is 1010.